The molecule has 3 aromatic rings. The van der Waals surface area contributed by atoms with Crippen molar-refractivity contribution < 1.29 is 14.3 Å². The number of pyridine rings is 1. The maximum absolute atomic E-state index is 12.8. The molecule has 0 aliphatic heterocycles. The number of carbonyl (C=O) groups is 2. The maximum atomic E-state index is 12.8. The molecule has 6 nitrogen and oxygen atoms in total. The van der Waals surface area contributed by atoms with Gasteiger partial charge in [-0.3, -0.25) is 14.6 Å². The molecule has 1 amide bonds. The smallest absolute Gasteiger partial charge is 0.325 e. The Balaban J connectivity index is 1.72. The molecular weight excluding hydrogens is 398 g/mol. The van der Waals surface area contributed by atoms with Gasteiger partial charge in [0.2, 0.25) is 5.91 Å². The van der Waals surface area contributed by atoms with E-state index in [-0.39, 0.29) is 25.4 Å². The first-order valence-electron chi connectivity index (χ1n) is 8.49. The van der Waals surface area contributed by atoms with Crippen LogP contribution >= 0.6 is 22.9 Å². The second-order valence-electron chi connectivity index (χ2n) is 6.01. The molecule has 28 heavy (non-hydrogen) atoms. The molecule has 1 aromatic carbocycles. The number of hydrogen-bond donors (Lipinski definition) is 0. The van der Waals surface area contributed by atoms with E-state index in [1.54, 1.807) is 24.5 Å². The fourth-order valence-electron chi connectivity index (χ4n) is 2.54. The molecule has 0 N–H and O–H groups in total. The molecule has 0 radical (unpaired) electrons. The molecule has 0 atom stereocenters. The van der Waals surface area contributed by atoms with Gasteiger partial charge in [0.05, 0.1) is 19.2 Å². The van der Waals surface area contributed by atoms with Crippen LogP contribution in [0.5, 0.6) is 0 Å². The quantitative estimate of drug-likeness (QED) is 0.551. The van der Waals surface area contributed by atoms with Crippen molar-refractivity contribution in [2.24, 2.45) is 0 Å². The number of methoxy groups -OCH3 is 1. The lowest BCUT2D eigenvalue weighted by Gasteiger charge is -2.21. The van der Waals surface area contributed by atoms with E-state index >= 15 is 0 Å². The minimum Gasteiger partial charge on any atom is -0.468 e. The van der Waals surface area contributed by atoms with Gasteiger partial charge in [0, 0.05) is 34.9 Å². The monoisotopic (exact) mass is 415 g/mol. The number of carbonyl (C=O) groups excluding carboxylic acids is 2. The summed E-state index contributed by atoms with van der Waals surface area (Å²) in [5, 5.41) is 3.26. The highest BCUT2D eigenvalue weighted by atomic mass is 35.5. The molecular formula is C20H18ClN3O3S. The number of thiazole rings is 1. The highest BCUT2D eigenvalue weighted by Gasteiger charge is 2.20. The van der Waals surface area contributed by atoms with Gasteiger partial charge in [0.1, 0.15) is 11.6 Å². The van der Waals surface area contributed by atoms with Gasteiger partial charge in [-0.1, -0.05) is 23.7 Å². The Bertz CT molecular complexity index is 945. The molecule has 0 spiro atoms. The van der Waals surface area contributed by atoms with Gasteiger partial charge in [-0.15, -0.1) is 11.3 Å². The minimum absolute atomic E-state index is 0.0986. The number of amides is 1. The molecule has 0 fully saturated rings. The molecule has 0 aliphatic carbocycles. The number of benzene rings is 1. The Labute approximate surface area is 171 Å². The van der Waals surface area contributed by atoms with E-state index in [4.69, 9.17) is 16.3 Å². The number of rotatable bonds is 7. The molecule has 0 aliphatic rings. The lowest BCUT2D eigenvalue weighted by Crippen LogP contribution is -2.36. The molecule has 3 rings (SSSR count). The zero-order chi connectivity index (χ0) is 19.9. The molecule has 144 valence electrons. The number of ether oxygens (including phenoxy) is 1. The van der Waals surface area contributed by atoms with Crippen LogP contribution in [0, 0.1) is 0 Å². The van der Waals surface area contributed by atoms with Crippen molar-refractivity contribution in [2.45, 2.75) is 13.0 Å². The van der Waals surface area contributed by atoms with Gasteiger partial charge in [-0.25, -0.2) is 4.98 Å². The lowest BCUT2D eigenvalue weighted by molar-refractivity contribution is -0.147. The van der Waals surface area contributed by atoms with Crippen molar-refractivity contribution in [1.29, 1.82) is 0 Å². The number of aromatic nitrogens is 2. The molecule has 0 unspecified atom stereocenters. The second-order valence-corrected chi connectivity index (χ2v) is 7.31. The number of halogens is 1. The van der Waals surface area contributed by atoms with Crippen molar-refractivity contribution in [3.8, 4) is 10.6 Å². The van der Waals surface area contributed by atoms with E-state index in [2.05, 4.69) is 9.97 Å². The van der Waals surface area contributed by atoms with Gasteiger partial charge in [-0.2, -0.15) is 0 Å². The Morgan fingerprint density at radius 1 is 1.21 bits per heavy atom. The summed E-state index contributed by atoms with van der Waals surface area (Å²) in [6.45, 7) is 0.155. The van der Waals surface area contributed by atoms with Gasteiger partial charge in [-0.05, 0) is 29.8 Å². The van der Waals surface area contributed by atoms with Crippen molar-refractivity contribution in [3.63, 3.8) is 0 Å². The predicted octanol–water partition coefficient (Wildman–Crippen LogP) is 3.60. The Morgan fingerprint density at radius 3 is 2.68 bits per heavy atom. The average molecular weight is 416 g/mol. The summed E-state index contributed by atoms with van der Waals surface area (Å²) in [4.78, 5) is 34.6. The fourth-order valence-corrected chi connectivity index (χ4v) is 3.48. The van der Waals surface area contributed by atoms with Crippen LogP contribution in [0.1, 0.15) is 11.3 Å². The van der Waals surface area contributed by atoms with Gasteiger partial charge >= 0.3 is 5.97 Å². The summed E-state index contributed by atoms with van der Waals surface area (Å²) in [5.41, 5.74) is 2.43. The second kappa shape index (κ2) is 9.43. The van der Waals surface area contributed by atoms with Crippen LogP contribution in [0.3, 0.4) is 0 Å². The van der Waals surface area contributed by atoms with Crippen LogP contribution in [-0.4, -0.2) is 40.4 Å². The van der Waals surface area contributed by atoms with Crippen LogP contribution in [0.2, 0.25) is 5.02 Å². The summed E-state index contributed by atoms with van der Waals surface area (Å²) in [5.74, 6) is -0.681. The van der Waals surface area contributed by atoms with Crippen molar-refractivity contribution in [2.75, 3.05) is 13.7 Å². The SMILES string of the molecule is COC(=O)CN(Cc1ccc(Cl)cc1)C(=O)Cc1csc(-c2cccnc2)n1. The summed E-state index contributed by atoms with van der Waals surface area (Å²) < 4.78 is 4.73. The topological polar surface area (TPSA) is 72.4 Å². The summed E-state index contributed by atoms with van der Waals surface area (Å²) in [6, 6.07) is 10.9. The standard InChI is InChI=1S/C20H18ClN3O3S/c1-27-19(26)12-24(11-14-4-6-16(21)7-5-14)18(25)9-17-13-28-20(23-17)15-3-2-8-22-10-15/h2-8,10,13H,9,11-12H2,1H3. The third kappa shape index (κ3) is 5.37. The Morgan fingerprint density at radius 2 is 2.00 bits per heavy atom. The first kappa shape index (κ1) is 20.0. The first-order chi connectivity index (χ1) is 13.5. The normalized spacial score (nSPS) is 10.5. The minimum atomic E-state index is -0.475. The lowest BCUT2D eigenvalue weighted by atomic mass is 10.2. The first-order valence-corrected chi connectivity index (χ1v) is 9.74. The summed E-state index contributed by atoms with van der Waals surface area (Å²) >= 11 is 7.36. The van der Waals surface area contributed by atoms with Gasteiger partial charge < -0.3 is 9.64 Å². The van der Waals surface area contributed by atoms with Crippen molar-refractivity contribution in [1.82, 2.24) is 14.9 Å². The van der Waals surface area contributed by atoms with Crippen LogP contribution in [-0.2, 0) is 27.3 Å². The average Bonchev–Trinajstić information content (AvgIpc) is 3.18. The van der Waals surface area contributed by atoms with Crippen molar-refractivity contribution >= 4 is 34.8 Å². The third-order valence-corrected chi connectivity index (χ3v) is 5.17. The predicted molar refractivity (Wildman–Crippen MR) is 108 cm³/mol. The molecule has 2 aromatic heterocycles. The highest BCUT2D eigenvalue weighted by Crippen LogP contribution is 2.23. The zero-order valence-electron chi connectivity index (χ0n) is 15.2. The Kier molecular flexibility index (Phi) is 6.73. The molecule has 0 saturated carbocycles. The van der Waals surface area contributed by atoms with Crippen LogP contribution in [0.4, 0.5) is 0 Å². The third-order valence-electron chi connectivity index (χ3n) is 3.98. The molecule has 2 heterocycles. The number of esters is 1. The van der Waals surface area contributed by atoms with E-state index in [1.807, 2.05) is 29.6 Å². The summed E-state index contributed by atoms with van der Waals surface area (Å²) in [6.07, 6.45) is 3.53. The fraction of sp³-hybridized carbons (Fsp3) is 0.200. The van der Waals surface area contributed by atoms with Gasteiger partial charge in [0.25, 0.3) is 0 Å². The van der Waals surface area contributed by atoms with Crippen LogP contribution in [0.25, 0.3) is 10.6 Å². The number of hydrogen-bond acceptors (Lipinski definition) is 6. The molecule has 0 bridgehead atoms. The van der Waals surface area contributed by atoms with Crippen LogP contribution < -0.4 is 0 Å². The summed E-state index contributed by atoms with van der Waals surface area (Å²) in [7, 11) is 1.30. The maximum Gasteiger partial charge on any atom is 0.325 e. The van der Waals surface area contributed by atoms with E-state index in [1.165, 1.54) is 23.3 Å². The van der Waals surface area contributed by atoms with E-state index in [0.717, 1.165) is 16.1 Å². The van der Waals surface area contributed by atoms with Crippen LogP contribution in [0.15, 0.2) is 54.2 Å². The highest BCUT2D eigenvalue weighted by molar-refractivity contribution is 7.13. The van der Waals surface area contributed by atoms with Gasteiger partial charge in [0.15, 0.2) is 0 Å². The molecule has 0 saturated heterocycles. The van der Waals surface area contributed by atoms with Crippen molar-refractivity contribution in [3.05, 3.63) is 70.5 Å². The zero-order valence-corrected chi connectivity index (χ0v) is 16.7. The largest absolute Gasteiger partial charge is 0.468 e. The number of nitrogens with zero attached hydrogens (tertiary/aromatic N) is 3. The molecule has 8 heteroatoms. The van der Waals surface area contributed by atoms with E-state index in [9.17, 15) is 9.59 Å². The van der Waals surface area contributed by atoms with E-state index in [0.29, 0.717) is 10.7 Å². The Hall–Kier alpha value is -2.77. The van der Waals surface area contributed by atoms with E-state index < -0.39 is 5.97 Å².